The minimum Gasteiger partial charge on any atom is -0.445 e. The van der Waals surface area contributed by atoms with Crippen LogP contribution in [0, 0.1) is 10.1 Å². The first kappa shape index (κ1) is 21.5. The zero-order chi connectivity index (χ0) is 22.8. The van der Waals surface area contributed by atoms with E-state index in [0.717, 1.165) is 16.3 Å². The van der Waals surface area contributed by atoms with Crippen molar-refractivity contribution in [2.24, 2.45) is 5.10 Å². The molecule has 0 bridgehead atoms. The van der Waals surface area contributed by atoms with Crippen LogP contribution in [0.2, 0.25) is 5.02 Å². The monoisotopic (exact) mass is 470 g/mol. The summed E-state index contributed by atoms with van der Waals surface area (Å²) in [6, 6.07) is 16.2. The van der Waals surface area contributed by atoms with Crippen molar-refractivity contribution < 1.29 is 19.2 Å². The number of thiophene rings is 1. The molecule has 2 heterocycles. The van der Waals surface area contributed by atoms with Crippen molar-refractivity contribution in [2.45, 2.75) is 13.2 Å². The molecule has 0 aliphatic carbocycles. The summed E-state index contributed by atoms with van der Waals surface area (Å²) in [5.74, 6) is -0.581. The lowest BCUT2D eigenvalue weighted by Gasteiger charge is -2.20. The van der Waals surface area contributed by atoms with Crippen LogP contribution < -0.4 is 5.32 Å². The quantitative estimate of drug-likeness (QED) is 0.425. The van der Waals surface area contributed by atoms with Crippen LogP contribution in [0.5, 0.6) is 0 Å². The molecule has 1 atom stereocenters. The van der Waals surface area contributed by atoms with Gasteiger partial charge in [0, 0.05) is 34.8 Å². The van der Waals surface area contributed by atoms with Gasteiger partial charge in [0.1, 0.15) is 0 Å². The molecule has 1 aromatic heterocycles. The summed E-state index contributed by atoms with van der Waals surface area (Å²) in [6.07, 6.45) is -0.879. The summed E-state index contributed by atoms with van der Waals surface area (Å²) in [5.41, 5.74) is 1.50. The molecule has 3 aromatic rings. The molecule has 0 saturated carbocycles. The molecule has 0 fully saturated rings. The summed E-state index contributed by atoms with van der Waals surface area (Å²) in [5, 5.41) is 19.6. The van der Waals surface area contributed by atoms with Crippen LogP contribution in [-0.4, -0.2) is 27.6 Å². The molecule has 11 heteroatoms. The van der Waals surface area contributed by atoms with Gasteiger partial charge in [0.2, 0.25) is 12.1 Å². The highest BCUT2D eigenvalue weighted by Crippen LogP contribution is 2.34. The van der Waals surface area contributed by atoms with E-state index >= 15 is 0 Å². The molecule has 2 amide bonds. The summed E-state index contributed by atoms with van der Waals surface area (Å²) in [4.78, 5) is 35.5. The van der Waals surface area contributed by atoms with Gasteiger partial charge in [-0.2, -0.15) is 5.01 Å². The number of carbonyl (C=O) groups excluding carboxylic acids is 2. The Balaban J connectivity index is 1.56. The van der Waals surface area contributed by atoms with Crippen molar-refractivity contribution in [3.8, 4) is 0 Å². The Labute approximate surface area is 191 Å². The van der Waals surface area contributed by atoms with E-state index in [2.05, 4.69) is 10.4 Å². The first-order chi connectivity index (χ1) is 15.3. The van der Waals surface area contributed by atoms with E-state index in [1.165, 1.54) is 19.1 Å². The molecule has 2 aromatic carbocycles. The SMILES string of the molecule is CC(=O)N1N=C(c2ccc([N+](=O)[O-])s2)O[C@@H]1c1cccc(NC(=O)c2ccc(Cl)cc2)c1. The number of anilines is 1. The van der Waals surface area contributed by atoms with Crippen LogP contribution in [0.3, 0.4) is 0 Å². The number of ether oxygens (including phenoxy) is 1. The predicted molar refractivity (Wildman–Crippen MR) is 120 cm³/mol. The fourth-order valence-corrected chi connectivity index (χ4v) is 3.87. The Morgan fingerprint density at radius 1 is 1.19 bits per heavy atom. The van der Waals surface area contributed by atoms with Gasteiger partial charge < -0.3 is 10.1 Å². The first-order valence-corrected chi connectivity index (χ1v) is 10.5. The van der Waals surface area contributed by atoms with E-state index in [4.69, 9.17) is 16.3 Å². The molecule has 9 nitrogen and oxygen atoms in total. The lowest BCUT2D eigenvalue weighted by molar-refractivity contribution is -0.380. The molecular weight excluding hydrogens is 456 g/mol. The standard InChI is InChI=1S/C21H15ClN4O5S/c1-12(27)25-21(31-20(24-25)17-9-10-18(32-17)26(29)30)14-3-2-4-16(11-14)23-19(28)13-5-7-15(22)8-6-13/h2-11,21H,1H3,(H,23,28)/t21-/m1/s1. The topological polar surface area (TPSA) is 114 Å². The van der Waals surface area contributed by atoms with Crippen molar-refractivity contribution in [1.82, 2.24) is 5.01 Å². The van der Waals surface area contributed by atoms with E-state index in [1.807, 2.05) is 0 Å². The number of benzene rings is 2. The van der Waals surface area contributed by atoms with Crippen molar-refractivity contribution in [2.75, 3.05) is 5.32 Å². The predicted octanol–water partition coefficient (Wildman–Crippen LogP) is 4.80. The Hall–Kier alpha value is -3.76. The molecule has 32 heavy (non-hydrogen) atoms. The molecular formula is C21H15ClN4O5S. The van der Waals surface area contributed by atoms with E-state index in [-0.39, 0.29) is 22.7 Å². The number of hydrogen-bond acceptors (Lipinski definition) is 7. The number of rotatable bonds is 5. The highest BCUT2D eigenvalue weighted by Gasteiger charge is 2.34. The van der Waals surface area contributed by atoms with Crippen molar-refractivity contribution in [3.63, 3.8) is 0 Å². The minimum atomic E-state index is -0.879. The molecule has 0 unspecified atom stereocenters. The third-order valence-corrected chi connectivity index (χ3v) is 5.76. The third-order valence-electron chi connectivity index (χ3n) is 4.49. The molecule has 0 radical (unpaired) electrons. The molecule has 162 valence electrons. The number of hydrazone groups is 1. The largest absolute Gasteiger partial charge is 0.445 e. The number of nitrogens with zero attached hydrogens (tertiary/aromatic N) is 3. The zero-order valence-electron chi connectivity index (χ0n) is 16.5. The maximum absolute atomic E-state index is 12.5. The fraction of sp³-hybridized carbons (Fsp3) is 0.0952. The lowest BCUT2D eigenvalue weighted by atomic mass is 10.1. The van der Waals surface area contributed by atoms with Crippen molar-refractivity contribution in [3.05, 3.63) is 91.8 Å². The van der Waals surface area contributed by atoms with Crippen LogP contribution in [0.15, 0.2) is 65.8 Å². The van der Waals surface area contributed by atoms with Gasteiger partial charge in [-0.15, -0.1) is 5.10 Å². The van der Waals surface area contributed by atoms with Gasteiger partial charge in [-0.25, -0.2) is 0 Å². The minimum absolute atomic E-state index is 0.0592. The van der Waals surface area contributed by atoms with Crippen LogP contribution in [-0.2, 0) is 9.53 Å². The van der Waals surface area contributed by atoms with Crippen LogP contribution in [0.1, 0.15) is 34.0 Å². The average molecular weight is 471 g/mol. The molecule has 1 aliphatic rings. The highest BCUT2D eigenvalue weighted by molar-refractivity contribution is 7.17. The van der Waals surface area contributed by atoms with Gasteiger partial charge in [-0.3, -0.25) is 19.7 Å². The fourth-order valence-electron chi connectivity index (χ4n) is 3.00. The number of nitrogens with one attached hydrogen (secondary N) is 1. The molecule has 0 saturated heterocycles. The second-order valence-electron chi connectivity index (χ2n) is 6.72. The smallest absolute Gasteiger partial charge is 0.324 e. The maximum Gasteiger partial charge on any atom is 0.324 e. The van der Waals surface area contributed by atoms with Gasteiger partial charge in [0.25, 0.3) is 11.8 Å². The Morgan fingerprint density at radius 3 is 2.59 bits per heavy atom. The van der Waals surface area contributed by atoms with Crippen LogP contribution in [0.25, 0.3) is 0 Å². The zero-order valence-corrected chi connectivity index (χ0v) is 18.1. The third kappa shape index (κ3) is 4.46. The first-order valence-electron chi connectivity index (χ1n) is 9.28. The van der Waals surface area contributed by atoms with E-state index in [9.17, 15) is 19.7 Å². The number of halogens is 1. The summed E-state index contributed by atoms with van der Waals surface area (Å²) in [7, 11) is 0. The normalized spacial score (nSPS) is 15.1. The second kappa shape index (κ2) is 8.77. The van der Waals surface area contributed by atoms with Crippen LogP contribution >= 0.6 is 22.9 Å². The van der Waals surface area contributed by atoms with E-state index < -0.39 is 11.2 Å². The number of amides is 2. The molecule has 1 aliphatic heterocycles. The van der Waals surface area contributed by atoms with Gasteiger partial charge in [0.05, 0.1) is 9.80 Å². The number of hydrogen-bond donors (Lipinski definition) is 1. The van der Waals surface area contributed by atoms with Gasteiger partial charge in [0.15, 0.2) is 0 Å². The lowest BCUT2D eigenvalue weighted by Crippen LogP contribution is -2.25. The molecule has 0 spiro atoms. The van der Waals surface area contributed by atoms with Crippen molar-refractivity contribution >= 4 is 51.3 Å². The van der Waals surface area contributed by atoms with Gasteiger partial charge in [-0.1, -0.05) is 35.1 Å². The molecule has 1 N–H and O–H groups in total. The van der Waals surface area contributed by atoms with Crippen LogP contribution in [0.4, 0.5) is 10.7 Å². The Bertz CT molecular complexity index is 1240. The summed E-state index contributed by atoms with van der Waals surface area (Å²) < 4.78 is 5.87. The average Bonchev–Trinajstić information content (AvgIpc) is 3.42. The van der Waals surface area contributed by atoms with E-state index in [0.29, 0.717) is 26.7 Å². The molecule has 4 rings (SSSR count). The second-order valence-corrected chi connectivity index (χ2v) is 8.22. The number of carbonyl (C=O) groups is 2. The van der Waals surface area contributed by atoms with Crippen molar-refractivity contribution in [1.29, 1.82) is 0 Å². The Kier molecular flexibility index (Phi) is 5.89. The van der Waals surface area contributed by atoms with E-state index in [1.54, 1.807) is 48.5 Å². The summed E-state index contributed by atoms with van der Waals surface area (Å²) >= 11 is 6.76. The maximum atomic E-state index is 12.5. The Morgan fingerprint density at radius 2 is 1.94 bits per heavy atom. The summed E-state index contributed by atoms with van der Waals surface area (Å²) in [6.45, 7) is 1.34. The highest BCUT2D eigenvalue weighted by atomic mass is 35.5. The van der Waals surface area contributed by atoms with Gasteiger partial charge >= 0.3 is 5.00 Å². The number of nitro groups is 1. The van der Waals surface area contributed by atoms with Gasteiger partial charge in [-0.05, 0) is 42.5 Å².